The van der Waals surface area contributed by atoms with Gasteiger partial charge < -0.3 is 11.1 Å². The third-order valence-electron chi connectivity index (χ3n) is 3.76. The van der Waals surface area contributed by atoms with Crippen molar-refractivity contribution >= 4 is 38.7 Å². The number of nitrogens with two attached hydrogens (primary N) is 1. The molecule has 2 aromatic carbocycles. The number of carbonyl (C=O) groups is 2. The lowest BCUT2D eigenvalue weighted by molar-refractivity contribution is 0.0995. The number of sulfone groups is 1. The van der Waals surface area contributed by atoms with Gasteiger partial charge in [-0.1, -0.05) is 18.2 Å². The molecule has 0 aliphatic carbocycles. The Hall–Kier alpha value is -3.11. The van der Waals surface area contributed by atoms with Crippen LogP contribution < -0.4 is 11.1 Å². The molecule has 2 amide bonds. The summed E-state index contributed by atoms with van der Waals surface area (Å²) in [6.45, 7) is 0. The summed E-state index contributed by atoms with van der Waals surface area (Å²) in [6.07, 6.45) is 0. The van der Waals surface area contributed by atoms with Gasteiger partial charge in [0.05, 0.1) is 21.7 Å². The molecule has 0 bridgehead atoms. The summed E-state index contributed by atoms with van der Waals surface area (Å²) < 4.78 is 53.8. The number of nitrogens with one attached hydrogen (secondary N) is 1. The Kier molecular flexibility index (Phi) is 5.25. The van der Waals surface area contributed by atoms with Crippen molar-refractivity contribution in [3.63, 3.8) is 0 Å². The molecule has 6 nitrogen and oxygen atoms in total. The number of hydrogen-bond donors (Lipinski definition) is 2. The van der Waals surface area contributed by atoms with E-state index in [2.05, 4.69) is 5.32 Å². The van der Waals surface area contributed by atoms with Crippen molar-refractivity contribution in [3.8, 4) is 0 Å². The molecule has 28 heavy (non-hydrogen) atoms. The van der Waals surface area contributed by atoms with Crippen LogP contribution in [-0.2, 0) is 9.84 Å². The molecule has 0 radical (unpaired) electrons. The van der Waals surface area contributed by atoms with Crippen molar-refractivity contribution in [3.05, 3.63) is 76.7 Å². The number of amides is 2. The number of halogens is 2. The Bertz CT molecular complexity index is 1190. The highest BCUT2D eigenvalue weighted by molar-refractivity contribution is 7.93. The monoisotopic (exact) mass is 422 g/mol. The average Bonchev–Trinajstić information content (AvgIpc) is 3.14. The van der Waals surface area contributed by atoms with Gasteiger partial charge in [-0.05, 0) is 35.7 Å². The van der Waals surface area contributed by atoms with Crippen LogP contribution in [0.2, 0.25) is 0 Å². The average molecular weight is 422 g/mol. The fourth-order valence-electron chi connectivity index (χ4n) is 2.46. The first-order chi connectivity index (χ1) is 13.2. The molecular weight excluding hydrogens is 410 g/mol. The van der Waals surface area contributed by atoms with Gasteiger partial charge in [-0.25, -0.2) is 17.2 Å². The molecule has 0 aliphatic rings. The molecule has 10 heteroatoms. The minimum atomic E-state index is -4.39. The highest BCUT2D eigenvalue weighted by Gasteiger charge is 2.30. The standard InChI is InChI=1S/C18H12F2N2O4S2/c19-12-5-2-1-4-10(12)17(24)22-15-13(20)6-3-7-14(15)28(25,26)18-11(16(21)23)8-9-27-18/h1-9H,(H2,21,23)(H,22,24). The van der Waals surface area contributed by atoms with Gasteiger partial charge in [0.25, 0.3) is 11.8 Å². The smallest absolute Gasteiger partial charge is 0.258 e. The van der Waals surface area contributed by atoms with E-state index < -0.39 is 43.9 Å². The first kappa shape index (κ1) is 19.6. The summed E-state index contributed by atoms with van der Waals surface area (Å²) in [5.74, 6) is -3.88. The summed E-state index contributed by atoms with van der Waals surface area (Å²) in [5, 5.41) is 3.46. The van der Waals surface area contributed by atoms with Gasteiger partial charge in [0, 0.05) is 0 Å². The number of anilines is 1. The zero-order chi connectivity index (χ0) is 20.5. The number of primary amides is 1. The van der Waals surface area contributed by atoms with Crippen LogP contribution in [0.4, 0.5) is 14.5 Å². The van der Waals surface area contributed by atoms with Gasteiger partial charge in [-0.15, -0.1) is 11.3 Å². The van der Waals surface area contributed by atoms with Crippen molar-refractivity contribution in [2.24, 2.45) is 5.73 Å². The van der Waals surface area contributed by atoms with E-state index in [4.69, 9.17) is 5.73 Å². The highest BCUT2D eigenvalue weighted by Crippen LogP contribution is 2.34. The Morgan fingerprint density at radius 2 is 1.61 bits per heavy atom. The van der Waals surface area contributed by atoms with E-state index in [0.717, 1.165) is 35.6 Å². The van der Waals surface area contributed by atoms with E-state index in [1.165, 1.54) is 29.6 Å². The number of para-hydroxylation sites is 1. The Morgan fingerprint density at radius 3 is 2.29 bits per heavy atom. The largest absolute Gasteiger partial charge is 0.366 e. The minimum absolute atomic E-state index is 0.249. The zero-order valence-electron chi connectivity index (χ0n) is 14.0. The fourth-order valence-corrected chi connectivity index (χ4v) is 5.36. The molecule has 0 saturated carbocycles. The van der Waals surface area contributed by atoms with Gasteiger partial charge in [0.1, 0.15) is 15.8 Å². The normalized spacial score (nSPS) is 11.2. The Morgan fingerprint density at radius 1 is 0.929 bits per heavy atom. The summed E-state index contributed by atoms with van der Waals surface area (Å²) in [5.41, 5.74) is 3.90. The molecule has 0 aliphatic heterocycles. The second kappa shape index (κ2) is 7.49. The Balaban J connectivity index is 2.11. The molecule has 0 saturated heterocycles. The van der Waals surface area contributed by atoms with Crippen LogP contribution >= 0.6 is 11.3 Å². The SMILES string of the molecule is NC(=O)c1ccsc1S(=O)(=O)c1cccc(F)c1NC(=O)c1ccccc1F. The van der Waals surface area contributed by atoms with Crippen molar-refractivity contribution in [1.82, 2.24) is 0 Å². The lowest BCUT2D eigenvalue weighted by atomic mass is 10.2. The van der Waals surface area contributed by atoms with Crippen LogP contribution in [0, 0.1) is 11.6 Å². The number of thiophene rings is 1. The molecule has 144 valence electrons. The predicted molar refractivity (Wildman–Crippen MR) is 99.0 cm³/mol. The van der Waals surface area contributed by atoms with E-state index >= 15 is 0 Å². The molecule has 3 aromatic rings. The van der Waals surface area contributed by atoms with E-state index in [0.29, 0.717) is 0 Å². The molecule has 1 heterocycles. The maximum atomic E-state index is 14.4. The lowest BCUT2D eigenvalue weighted by Gasteiger charge is -2.13. The highest BCUT2D eigenvalue weighted by atomic mass is 32.2. The first-order valence-electron chi connectivity index (χ1n) is 7.70. The second-order valence-corrected chi connectivity index (χ2v) is 8.57. The third kappa shape index (κ3) is 3.51. The predicted octanol–water partition coefficient (Wildman–Crippen LogP) is 3.21. The summed E-state index contributed by atoms with van der Waals surface area (Å²) >= 11 is 0.728. The third-order valence-corrected chi connectivity index (χ3v) is 7.04. The Labute approximate surface area is 162 Å². The molecule has 3 N–H and O–H groups in total. The van der Waals surface area contributed by atoms with Gasteiger partial charge in [-0.2, -0.15) is 0 Å². The van der Waals surface area contributed by atoms with Crippen LogP contribution in [0.25, 0.3) is 0 Å². The van der Waals surface area contributed by atoms with E-state index in [9.17, 15) is 26.8 Å². The zero-order valence-corrected chi connectivity index (χ0v) is 15.6. The molecule has 0 unspecified atom stereocenters. The lowest BCUT2D eigenvalue weighted by Crippen LogP contribution is -2.18. The molecule has 0 atom stereocenters. The van der Waals surface area contributed by atoms with Gasteiger partial charge in [0.2, 0.25) is 9.84 Å². The number of hydrogen-bond acceptors (Lipinski definition) is 5. The topological polar surface area (TPSA) is 106 Å². The van der Waals surface area contributed by atoms with E-state index in [1.807, 2.05) is 0 Å². The van der Waals surface area contributed by atoms with Crippen molar-refractivity contribution in [1.29, 1.82) is 0 Å². The fraction of sp³-hybridized carbons (Fsp3) is 0. The number of carbonyl (C=O) groups excluding carboxylic acids is 2. The second-order valence-electron chi connectivity index (χ2n) is 5.54. The van der Waals surface area contributed by atoms with Crippen molar-refractivity contribution < 1.29 is 26.8 Å². The molecule has 3 rings (SSSR count). The van der Waals surface area contributed by atoms with Crippen LogP contribution in [-0.4, -0.2) is 20.2 Å². The molecule has 1 aromatic heterocycles. The quantitative estimate of drug-likeness (QED) is 0.658. The maximum Gasteiger partial charge on any atom is 0.258 e. The number of benzene rings is 2. The summed E-state index contributed by atoms with van der Waals surface area (Å²) in [6, 6.07) is 9.37. The minimum Gasteiger partial charge on any atom is -0.366 e. The number of rotatable bonds is 5. The van der Waals surface area contributed by atoms with Crippen LogP contribution in [0.15, 0.2) is 63.0 Å². The molecule has 0 fully saturated rings. The summed E-state index contributed by atoms with van der Waals surface area (Å²) in [7, 11) is -4.39. The molecular formula is C18H12F2N2O4S2. The van der Waals surface area contributed by atoms with Gasteiger partial charge in [-0.3, -0.25) is 9.59 Å². The maximum absolute atomic E-state index is 14.4. The van der Waals surface area contributed by atoms with Crippen LogP contribution in [0.5, 0.6) is 0 Å². The van der Waals surface area contributed by atoms with Gasteiger partial charge in [0.15, 0.2) is 0 Å². The summed E-state index contributed by atoms with van der Waals surface area (Å²) in [4.78, 5) is 23.3. The van der Waals surface area contributed by atoms with E-state index in [1.54, 1.807) is 0 Å². The van der Waals surface area contributed by atoms with Gasteiger partial charge >= 0.3 is 0 Å². The van der Waals surface area contributed by atoms with Crippen LogP contribution in [0.3, 0.4) is 0 Å². The van der Waals surface area contributed by atoms with Crippen molar-refractivity contribution in [2.75, 3.05) is 5.32 Å². The van der Waals surface area contributed by atoms with Crippen LogP contribution in [0.1, 0.15) is 20.7 Å². The molecule has 0 spiro atoms. The van der Waals surface area contributed by atoms with E-state index in [-0.39, 0.29) is 15.3 Å². The van der Waals surface area contributed by atoms with Crippen molar-refractivity contribution in [2.45, 2.75) is 9.10 Å². The first-order valence-corrected chi connectivity index (χ1v) is 10.1.